The number of carbonyl (C=O) groups is 1. The van der Waals surface area contributed by atoms with Gasteiger partial charge < -0.3 is 14.8 Å². The highest BCUT2D eigenvalue weighted by Gasteiger charge is 2.54. The number of halogens is 1. The number of nitrogens with one attached hydrogen (secondary N) is 1. The zero-order valence-electron chi connectivity index (χ0n) is 10.6. The lowest BCUT2D eigenvalue weighted by Gasteiger charge is -2.47. The summed E-state index contributed by atoms with van der Waals surface area (Å²) >= 11 is 7.16. The number of hydrogen-bond donors (Lipinski definition) is 1. The summed E-state index contributed by atoms with van der Waals surface area (Å²) in [4.78, 5) is 12.8. The topological polar surface area (TPSA) is 47.6 Å². The Morgan fingerprint density at radius 2 is 2.47 bits per heavy atom. The average Bonchev–Trinajstić information content (AvgIpc) is 3.00. The van der Waals surface area contributed by atoms with Crippen LogP contribution in [-0.2, 0) is 9.47 Å². The predicted octanol–water partition coefficient (Wildman–Crippen LogP) is 2.18. The van der Waals surface area contributed by atoms with Crippen LogP contribution in [-0.4, -0.2) is 38.4 Å². The first-order valence-corrected chi connectivity index (χ1v) is 7.57. The van der Waals surface area contributed by atoms with Gasteiger partial charge in [0.25, 0.3) is 5.91 Å². The molecule has 0 aromatic carbocycles. The molecule has 1 aromatic rings. The molecule has 4 nitrogen and oxygen atoms in total. The Balaban J connectivity index is 1.66. The first-order valence-electron chi connectivity index (χ1n) is 6.37. The van der Waals surface area contributed by atoms with Crippen LogP contribution >= 0.6 is 22.9 Å². The highest BCUT2D eigenvalue weighted by Crippen LogP contribution is 2.43. The molecule has 19 heavy (non-hydrogen) atoms. The molecule has 3 rings (SSSR count). The van der Waals surface area contributed by atoms with Gasteiger partial charge in [-0.2, -0.15) is 0 Å². The van der Waals surface area contributed by atoms with Crippen molar-refractivity contribution in [1.82, 2.24) is 5.32 Å². The number of ether oxygens (including phenoxy) is 2. The predicted molar refractivity (Wildman–Crippen MR) is 73.8 cm³/mol. The number of thiophene rings is 1. The standard InChI is InChI=1S/C13H16ClNO3S/c1-17-6-8-11(7-4-5-18-12(7)8)15-13(16)9-2-3-10(14)19-9/h2-3,7-8,11-12H,4-6H2,1H3,(H,15,16)/t7-,8+,11+,12-/m0/s1. The van der Waals surface area contributed by atoms with E-state index >= 15 is 0 Å². The summed E-state index contributed by atoms with van der Waals surface area (Å²) < 4.78 is 11.5. The molecule has 0 unspecified atom stereocenters. The quantitative estimate of drug-likeness (QED) is 0.927. The number of hydrogen-bond acceptors (Lipinski definition) is 4. The van der Waals surface area contributed by atoms with Gasteiger partial charge in [-0.1, -0.05) is 11.6 Å². The number of fused-ring (bicyclic) bond motifs is 1. The molecule has 1 aliphatic heterocycles. The van der Waals surface area contributed by atoms with E-state index in [2.05, 4.69) is 5.32 Å². The van der Waals surface area contributed by atoms with Gasteiger partial charge in [-0.25, -0.2) is 0 Å². The van der Waals surface area contributed by atoms with Crippen molar-refractivity contribution < 1.29 is 14.3 Å². The third-order valence-electron chi connectivity index (χ3n) is 3.98. The van der Waals surface area contributed by atoms with Crippen molar-refractivity contribution in [2.75, 3.05) is 20.3 Å². The van der Waals surface area contributed by atoms with E-state index in [1.807, 2.05) is 0 Å². The van der Waals surface area contributed by atoms with Crippen molar-refractivity contribution in [2.45, 2.75) is 18.6 Å². The van der Waals surface area contributed by atoms with E-state index in [0.29, 0.717) is 21.7 Å². The van der Waals surface area contributed by atoms with Crippen molar-refractivity contribution in [3.05, 3.63) is 21.3 Å². The highest BCUT2D eigenvalue weighted by molar-refractivity contribution is 7.17. The normalized spacial score (nSPS) is 32.7. The molecule has 1 aliphatic carbocycles. The second kappa shape index (κ2) is 5.40. The molecule has 6 heteroatoms. The van der Waals surface area contributed by atoms with Crippen molar-refractivity contribution in [1.29, 1.82) is 0 Å². The smallest absolute Gasteiger partial charge is 0.261 e. The van der Waals surface area contributed by atoms with Crippen molar-refractivity contribution in [3.8, 4) is 0 Å². The van der Waals surface area contributed by atoms with Gasteiger partial charge >= 0.3 is 0 Å². The fraction of sp³-hybridized carbons (Fsp3) is 0.615. The summed E-state index contributed by atoms with van der Waals surface area (Å²) in [5.41, 5.74) is 0. The largest absolute Gasteiger partial charge is 0.384 e. The van der Waals surface area contributed by atoms with Crippen LogP contribution in [0, 0.1) is 11.8 Å². The van der Waals surface area contributed by atoms with E-state index < -0.39 is 0 Å². The molecule has 0 spiro atoms. The summed E-state index contributed by atoms with van der Waals surface area (Å²) in [6.07, 6.45) is 1.26. The Morgan fingerprint density at radius 3 is 3.16 bits per heavy atom. The number of amides is 1. The Morgan fingerprint density at radius 1 is 1.63 bits per heavy atom. The molecule has 2 fully saturated rings. The minimum atomic E-state index is -0.0478. The number of methoxy groups -OCH3 is 1. The van der Waals surface area contributed by atoms with Gasteiger partial charge in [-0.15, -0.1) is 11.3 Å². The molecule has 0 bridgehead atoms. The van der Waals surface area contributed by atoms with E-state index in [-0.39, 0.29) is 24.0 Å². The van der Waals surface area contributed by atoms with Gasteiger partial charge in [0.15, 0.2) is 0 Å². The Hall–Kier alpha value is -0.620. The second-order valence-corrected chi connectivity index (χ2v) is 6.73. The van der Waals surface area contributed by atoms with E-state index in [1.165, 1.54) is 11.3 Å². The lowest BCUT2D eigenvalue weighted by Crippen LogP contribution is -2.62. The molecule has 104 valence electrons. The molecule has 4 atom stereocenters. The van der Waals surface area contributed by atoms with Gasteiger partial charge in [0.2, 0.25) is 0 Å². The van der Waals surface area contributed by atoms with Crippen molar-refractivity contribution >= 4 is 28.8 Å². The van der Waals surface area contributed by atoms with Crippen LogP contribution in [0.1, 0.15) is 16.1 Å². The third-order valence-corrected chi connectivity index (χ3v) is 5.21. The van der Waals surface area contributed by atoms with Gasteiger partial charge in [-0.05, 0) is 18.6 Å². The average molecular weight is 302 g/mol. The zero-order valence-corrected chi connectivity index (χ0v) is 12.2. The fourth-order valence-corrected chi connectivity index (χ4v) is 4.04. The SMILES string of the molecule is COC[C@@H]1[C@H](NC(=O)c2ccc(Cl)s2)[C@@H]2CCO[C@H]12. The van der Waals surface area contributed by atoms with Gasteiger partial charge in [-0.3, -0.25) is 4.79 Å². The summed E-state index contributed by atoms with van der Waals surface area (Å²) in [6, 6.07) is 3.66. The van der Waals surface area contributed by atoms with Crippen LogP contribution in [0.4, 0.5) is 0 Å². The lowest BCUT2D eigenvalue weighted by molar-refractivity contribution is -0.0809. The maximum atomic E-state index is 12.2. The summed E-state index contributed by atoms with van der Waals surface area (Å²) in [5, 5.41) is 3.11. The van der Waals surface area contributed by atoms with Gasteiger partial charge in [0.1, 0.15) is 0 Å². The molecule has 1 saturated carbocycles. The highest BCUT2D eigenvalue weighted by atomic mass is 35.5. The minimum absolute atomic E-state index is 0.0478. The summed E-state index contributed by atoms with van der Waals surface area (Å²) in [6.45, 7) is 1.41. The molecule has 2 aliphatic rings. The molecule has 1 aromatic heterocycles. The van der Waals surface area contributed by atoms with E-state index in [1.54, 1.807) is 19.2 Å². The minimum Gasteiger partial charge on any atom is -0.384 e. The van der Waals surface area contributed by atoms with Crippen LogP contribution in [0.25, 0.3) is 0 Å². The summed E-state index contributed by atoms with van der Waals surface area (Å²) in [7, 11) is 1.68. The Kier molecular flexibility index (Phi) is 3.80. The van der Waals surface area contributed by atoms with Crippen LogP contribution < -0.4 is 5.32 Å². The zero-order chi connectivity index (χ0) is 13.4. The monoisotopic (exact) mass is 301 g/mol. The lowest BCUT2D eigenvalue weighted by atomic mass is 9.67. The molecular formula is C13H16ClNO3S. The van der Waals surface area contributed by atoms with E-state index in [0.717, 1.165) is 13.0 Å². The van der Waals surface area contributed by atoms with Crippen molar-refractivity contribution in [3.63, 3.8) is 0 Å². The van der Waals surface area contributed by atoms with Crippen LogP contribution in [0.2, 0.25) is 4.34 Å². The maximum absolute atomic E-state index is 12.2. The van der Waals surface area contributed by atoms with Crippen molar-refractivity contribution in [2.24, 2.45) is 11.8 Å². The van der Waals surface area contributed by atoms with Crippen LogP contribution in [0.15, 0.2) is 12.1 Å². The Labute approximate surface area is 121 Å². The fourth-order valence-electron chi connectivity index (χ4n) is 3.09. The molecule has 1 amide bonds. The first kappa shape index (κ1) is 13.4. The first-order chi connectivity index (χ1) is 9.20. The molecule has 1 saturated heterocycles. The van der Waals surface area contributed by atoms with Crippen LogP contribution in [0.3, 0.4) is 0 Å². The maximum Gasteiger partial charge on any atom is 0.261 e. The Bertz CT molecular complexity index is 478. The van der Waals surface area contributed by atoms with Gasteiger partial charge in [0, 0.05) is 31.6 Å². The molecule has 1 N–H and O–H groups in total. The van der Waals surface area contributed by atoms with E-state index in [9.17, 15) is 4.79 Å². The number of carbonyl (C=O) groups excluding carboxylic acids is 1. The summed E-state index contributed by atoms with van der Waals surface area (Å²) in [5.74, 6) is 0.643. The molecule has 2 heterocycles. The molecule has 0 radical (unpaired) electrons. The van der Waals surface area contributed by atoms with E-state index in [4.69, 9.17) is 21.1 Å². The van der Waals surface area contributed by atoms with Crippen LogP contribution in [0.5, 0.6) is 0 Å². The number of rotatable bonds is 4. The second-order valence-electron chi connectivity index (χ2n) is 5.01. The van der Waals surface area contributed by atoms with Gasteiger partial charge in [0.05, 0.1) is 21.9 Å². The molecular weight excluding hydrogens is 286 g/mol. The third kappa shape index (κ3) is 2.40.